The summed E-state index contributed by atoms with van der Waals surface area (Å²) in [6, 6.07) is 0. The van der Waals surface area contributed by atoms with Crippen LogP contribution < -0.4 is 16.0 Å². The Morgan fingerprint density at radius 1 is 0.667 bits per heavy atom. The molecule has 1 heterocycles. The van der Waals surface area contributed by atoms with Gasteiger partial charge >= 0.3 is 17.9 Å². The van der Waals surface area contributed by atoms with Gasteiger partial charge in [-0.15, -0.1) is 0 Å². The lowest BCUT2D eigenvalue weighted by Crippen LogP contribution is -2.73. The minimum Gasteiger partial charge on any atom is -0.479 e. The first-order chi connectivity index (χ1) is 6.91. The van der Waals surface area contributed by atoms with Gasteiger partial charge in [0.1, 0.15) is 0 Å². The van der Waals surface area contributed by atoms with Gasteiger partial charge in [-0.05, 0) is 0 Å². The molecule has 0 spiro atoms. The maximum atomic E-state index is 10.6. The third kappa shape index (κ3) is 2.62. The van der Waals surface area contributed by atoms with Crippen LogP contribution in [-0.4, -0.2) is 51.7 Å². The van der Waals surface area contributed by atoms with Crippen molar-refractivity contribution in [2.24, 2.45) is 0 Å². The fourth-order valence-electron chi connectivity index (χ4n) is 1.07. The Bertz CT molecular complexity index is 252. The van der Waals surface area contributed by atoms with E-state index in [0.29, 0.717) is 0 Å². The highest BCUT2D eigenvalue weighted by molar-refractivity contribution is 5.81. The summed E-state index contributed by atoms with van der Waals surface area (Å²) < 4.78 is 0. The summed E-state index contributed by atoms with van der Waals surface area (Å²) in [6.07, 6.45) is -4.27. The van der Waals surface area contributed by atoms with E-state index in [2.05, 4.69) is 16.0 Å². The lowest BCUT2D eigenvalue weighted by atomic mass is 10.3. The van der Waals surface area contributed by atoms with Gasteiger partial charge in [0.2, 0.25) is 0 Å². The van der Waals surface area contributed by atoms with Gasteiger partial charge in [0.25, 0.3) is 0 Å². The Kier molecular flexibility index (Phi) is 3.19. The molecule has 0 atom stereocenters. The molecule has 0 aliphatic carbocycles. The second kappa shape index (κ2) is 4.21. The summed E-state index contributed by atoms with van der Waals surface area (Å²) in [6.45, 7) is 0. The van der Waals surface area contributed by atoms with E-state index in [0.717, 1.165) is 0 Å². The maximum Gasteiger partial charge on any atom is 0.335 e. The topological polar surface area (TPSA) is 148 Å². The van der Waals surface area contributed by atoms with E-state index < -0.39 is 36.4 Å². The van der Waals surface area contributed by atoms with E-state index in [9.17, 15) is 14.4 Å². The molecule has 0 radical (unpaired) electrons. The number of carboxylic acids is 3. The molecule has 6 N–H and O–H groups in total. The van der Waals surface area contributed by atoms with Crippen molar-refractivity contribution in [3.05, 3.63) is 0 Å². The van der Waals surface area contributed by atoms with Crippen LogP contribution in [0.4, 0.5) is 0 Å². The molecule has 9 heteroatoms. The molecule has 0 unspecified atom stereocenters. The highest BCUT2D eigenvalue weighted by atomic mass is 16.4. The predicted molar refractivity (Wildman–Crippen MR) is 43.7 cm³/mol. The molecule has 1 saturated heterocycles. The van der Waals surface area contributed by atoms with Crippen molar-refractivity contribution in [2.75, 3.05) is 0 Å². The van der Waals surface area contributed by atoms with Gasteiger partial charge < -0.3 is 15.3 Å². The van der Waals surface area contributed by atoms with Crippen LogP contribution in [0.25, 0.3) is 0 Å². The Morgan fingerprint density at radius 3 is 1.00 bits per heavy atom. The van der Waals surface area contributed by atoms with Gasteiger partial charge in [-0.25, -0.2) is 14.4 Å². The van der Waals surface area contributed by atoms with E-state index in [1.807, 2.05) is 0 Å². The average molecular weight is 219 g/mol. The third-order valence-corrected chi connectivity index (χ3v) is 1.74. The molecule has 84 valence electrons. The zero-order chi connectivity index (χ0) is 11.6. The van der Waals surface area contributed by atoms with E-state index in [-0.39, 0.29) is 0 Å². The quantitative estimate of drug-likeness (QED) is 0.292. The lowest BCUT2D eigenvalue weighted by molar-refractivity contribution is -0.150. The minimum atomic E-state index is -1.42. The molecule has 0 saturated carbocycles. The smallest absolute Gasteiger partial charge is 0.335 e. The van der Waals surface area contributed by atoms with Crippen LogP contribution in [0.5, 0.6) is 0 Å². The first-order valence-corrected chi connectivity index (χ1v) is 3.88. The number of aliphatic carboxylic acids is 3. The Morgan fingerprint density at radius 2 is 0.867 bits per heavy atom. The third-order valence-electron chi connectivity index (χ3n) is 1.74. The Labute approximate surface area is 83.1 Å². The second-order valence-corrected chi connectivity index (χ2v) is 2.81. The van der Waals surface area contributed by atoms with Crippen LogP contribution in [0.3, 0.4) is 0 Å². The molecule has 0 amide bonds. The first-order valence-electron chi connectivity index (χ1n) is 3.88. The van der Waals surface area contributed by atoms with Gasteiger partial charge in [-0.1, -0.05) is 0 Å². The van der Waals surface area contributed by atoms with Crippen molar-refractivity contribution in [1.82, 2.24) is 16.0 Å². The molecule has 1 fully saturated rings. The van der Waals surface area contributed by atoms with E-state index in [4.69, 9.17) is 15.3 Å². The van der Waals surface area contributed by atoms with Crippen molar-refractivity contribution in [1.29, 1.82) is 0 Å². The van der Waals surface area contributed by atoms with E-state index in [1.54, 1.807) is 0 Å². The number of nitrogens with one attached hydrogen (secondary N) is 3. The zero-order valence-electron chi connectivity index (χ0n) is 7.30. The van der Waals surface area contributed by atoms with Crippen molar-refractivity contribution < 1.29 is 29.7 Å². The van der Waals surface area contributed by atoms with E-state index in [1.165, 1.54) is 0 Å². The molecule has 1 aliphatic heterocycles. The van der Waals surface area contributed by atoms with E-state index >= 15 is 0 Å². The summed E-state index contributed by atoms with van der Waals surface area (Å²) in [5, 5.41) is 32.3. The first kappa shape index (κ1) is 11.4. The molecule has 0 aromatic carbocycles. The second-order valence-electron chi connectivity index (χ2n) is 2.81. The van der Waals surface area contributed by atoms with Crippen LogP contribution >= 0.6 is 0 Å². The molecule has 0 aromatic rings. The monoisotopic (exact) mass is 219 g/mol. The standard InChI is InChI=1S/C6H9N3O6/c10-4(11)1-7-2(5(12)13)9-3(8-1)6(14)15/h1-3,7-9H,(H,10,11)(H,12,13)(H,14,15). The molecule has 0 bridgehead atoms. The van der Waals surface area contributed by atoms with Crippen LogP contribution in [0.15, 0.2) is 0 Å². The van der Waals surface area contributed by atoms with Gasteiger partial charge in [-0.3, -0.25) is 16.0 Å². The number of carboxylic acid groups (broad SMARTS) is 3. The average Bonchev–Trinajstić information content (AvgIpc) is 2.16. The summed E-state index contributed by atoms with van der Waals surface area (Å²) in [5.41, 5.74) is 0. The summed E-state index contributed by atoms with van der Waals surface area (Å²) in [5.74, 6) is -4.14. The minimum absolute atomic E-state index is 1.38. The Hall–Kier alpha value is -1.71. The fourth-order valence-corrected chi connectivity index (χ4v) is 1.07. The molecule has 1 rings (SSSR count). The lowest BCUT2D eigenvalue weighted by Gasteiger charge is -2.32. The number of rotatable bonds is 3. The van der Waals surface area contributed by atoms with Gasteiger partial charge in [0, 0.05) is 0 Å². The normalized spacial score (nSPS) is 30.8. The van der Waals surface area contributed by atoms with Crippen molar-refractivity contribution in [3.63, 3.8) is 0 Å². The number of hydrogen-bond donors (Lipinski definition) is 6. The van der Waals surface area contributed by atoms with Crippen LogP contribution in [0, 0.1) is 0 Å². The van der Waals surface area contributed by atoms with Crippen molar-refractivity contribution in [3.8, 4) is 0 Å². The van der Waals surface area contributed by atoms with Crippen molar-refractivity contribution >= 4 is 17.9 Å². The van der Waals surface area contributed by atoms with Crippen LogP contribution in [0.1, 0.15) is 0 Å². The predicted octanol–water partition coefficient (Wildman–Crippen LogP) is -3.00. The maximum absolute atomic E-state index is 10.6. The van der Waals surface area contributed by atoms with Gasteiger partial charge in [0.05, 0.1) is 0 Å². The highest BCUT2D eigenvalue weighted by Crippen LogP contribution is 1.96. The summed E-state index contributed by atoms with van der Waals surface area (Å²) in [4.78, 5) is 31.7. The molecule has 1 aliphatic rings. The zero-order valence-corrected chi connectivity index (χ0v) is 7.30. The highest BCUT2D eigenvalue weighted by Gasteiger charge is 2.37. The van der Waals surface area contributed by atoms with Gasteiger partial charge in [-0.2, -0.15) is 0 Å². The largest absolute Gasteiger partial charge is 0.479 e. The Balaban J connectivity index is 2.77. The fraction of sp³-hybridized carbons (Fsp3) is 0.500. The van der Waals surface area contributed by atoms with Crippen LogP contribution in [-0.2, 0) is 14.4 Å². The number of carbonyl (C=O) groups is 3. The molecular weight excluding hydrogens is 210 g/mol. The summed E-state index contributed by atoms with van der Waals surface area (Å²) in [7, 11) is 0. The molecular formula is C6H9N3O6. The SMILES string of the molecule is O=C(O)C1NC(C(=O)O)NC(C(=O)O)N1. The van der Waals surface area contributed by atoms with Crippen molar-refractivity contribution in [2.45, 2.75) is 18.5 Å². The number of hydrogen-bond acceptors (Lipinski definition) is 6. The molecule has 15 heavy (non-hydrogen) atoms. The van der Waals surface area contributed by atoms with Gasteiger partial charge in [0.15, 0.2) is 18.5 Å². The molecule has 9 nitrogen and oxygen atoms in total. The summed E-state index contributed by atoms with van der Waals surface area (Å²) >= 11 is 0. The molecule has 0 aromatic heterocycles. The van der Waals surface area contributed by atoms with Crippen LogP contribution in [0.2, 0.25) is 0 Å².